The van der Waals surface area contributed by atoms with Crippen molar-refractivity contribution in [2.75, 3.05) is 5.75 Å². The molecule has 1 spiro atoms. The molecule has 1 aromatic heterocycles. The molecular formula is C22H21F4N3O4S. The lowest BCUT2D eigenvalue weighted by Crippen LogP contribution is -2.51. The number of aromatic nitrogens is 1. The fraction of sp³-hybridized carbons (Fsp3) is 0.409. The quantitative estimate of drug-likeness (QED) is 0.512. The molecule has 12 heteroatoms. The zero-order valence-electron chi connectivity index (χ0n) is 17.6. The summed E-state index contributed by atoms with van der Waals surface area (Å²) in [4.78, 5) is 17.7. The van der Waals surface area contributed by atoms with Gasteiger partial charge in [0.25, 0.3) is 0 Å². The Bertz CT molecular complexity index is 1130. The van der Waals surface area contributed by atoms with Gasteiger partial charge in [-0.05, 0) is 43.0 Å². The summed E-state index contributed by atoms with van der Waals surface area (Å²) in [5.74, 6) is -1.52. The van der Waals surface area contributed by atoms with Gasteiger partial charge < -0.3 is 20.7 Å². The van der Waals surface area contributed by atoms with Crippen LogP contribution < -0.4 is 10.5 Å². The number of pyridine rings is 1. The molecule has 0 bridgehead atoms. The van der Waals surface area contributed by atoms with Crippen molar-refractivity contribution >= 4 is 22.9 Å². The molecule has 1 fully saturated rings. The van der Waals surface area contributed by atoms with Crippen LogP contribution >= 0.6 is 11.8 Å². The van der Waals surface area contributed by atoms with E-state index in [0.29, 0.717) is 17.2 Å². The molecule has 0 radical (unpaired) electrons. The number of hydrogen-bond acceptors (Lipinski definition) is 7. The van der Waals surface area contributed by atoms with Crippen molar-refractivity contribution in [1.29, 1.82) is 0 Å². The molecule has 4 atom stereocenters. The van der Waals surface area contributed by atoms with E-state index in [0.717, 1.165) is 35.5 Å². The summed E-state index contributed by atoms with van der Waals surface area (Å²) in [6.45, 7) is 0. The SMILES string of the molecule is NC1=N[C@@]2(CS1)c1cc(-c3cncc(F)c3)ccc1O[C@H]1CC[C@H](O)C[C@@H]12.O=C(O)C(F)(F)F. The number of amidine groups is 1. The van der Waals surface area contributed by atoms with Gasteiger partial charge in [0.1, 0.15) is 23.2 Å². The third-order valence-electron chi connectivity index (χ3n) is 6.13. The largest absolute Gasteiger partial charge is 0.490 e. The van der Waals surface area contributed by atoms with E-state index in [1.165, 1.54) is 12.3 Å². The van der Waals surface area contributed by atoms with E-state index < -0.39 is 17.7 Å². The standard InChI is InChI=1S/C20H20FN3O2S.C2HF3O2/c21-13-5-12(8-23-9-13)11-1-3-17-15(6-11)20(10-27-19(22)24-20)16-7-14(25)2-4-18(16)26-17;3-2(4,5)1(6)7/h1,3,5-6,8-9,14,16,18,25H,2,4,7,10H2,(H2,22,24);(H,6,7)/t14-,16-,18-,20-;/m0./s1. The number of alkyl halides is 3. The number of carboxylic acids is 1. The summed E-state index contributed by atoms with van der Waals surface area (Å²) in [6, 6.07) is 7.36. The van der Waals surface area contributed by atoms with Gasteiger partial charge in [-0.3, -0.25) is 4.98 Å². The number of aliphatic hydroxyl groups excluding tert-OH is 1. The Morgan fingerprint density at radius 3 is 2.56 bits per heavy atom. The number of hydrogen-bond donors (Lipinski definition) is 3. The highest BCUT2D eigenvalue weighted by Crippen LogP contribution is 2.54. The zero-order valence-corrected chi connectivity index (χ0v) is 18.4. The lowest BCUT2D eigenvalue weighted by molar-refractivity contribution is -0.192. The summed E-state index contributed by atoms with van der Waals surface area (Å²) in [6.07, 6.45) is -0.361. The third kappa shape index (κ3) is 4.69. The first kappa shape index (κ1) is 24.3. The minimum atomic E-state index is -5.08. The number of carboxylic acid groups (broad SMARTS) is 1. The Kier molecular flexibility index (Phi) is 6.47. The minimum absolute atomic E-state index is 0.0258. The van der Waals surface area contributed by atoms with Gasteiger partial charge in [-0.2, -0.15) is 13.2 Å². The molecule has 0 amide bonds. The van der Waals surface area contributed by atoms with Crippen molar-refractivity contribution in [2.24, 2.45) is 16.6 Å². The molecule has 7 nitrogen and oxygen atoms in total. The highest BCUT2D eigenvalue weighted by molar-refractivity contribution is 8.14. The molecular weight excluding hydrogens is 478 g/mol. The van der Waals surface area contributed by atoms with Gasteiger partial charge in [0.15, 0.2) is 5.17 Å². The number of nitrogens with two attached hydrogens (primary N) is 1. The van der Waals surface area contributed by atoms with Crippen LogP contribution in [0.5, 0.6) is 5.75 Å². The Labute approximate surface area is 196 Å². The number of aliphatic carboxylic acids is 1. The van der Waals surface area contributed by atoms with Crippen molar-refractivity contribution < 1.29 is 37.3 Å². The number of aliphatic imine (C=N–C) groups is 1. The van der Waals surface area contributed by atoms with Crippen molar-refractivity contribution in [3.05, 3.63) is 48.0 Å². The van der Waals surface area contributed by atoms with Gasteiger partial charge in [-0.1, -0.05) is 17.8 Å². The van der Waals surface area contributed by atoms with Crippen LogP contribution in [0.4, 0.5) is 17.6 Å². The molecule has 3 heterocycles. The Morgan fingerprint density at radius 2 is 1.94 bits per heavy atom. The van der Waals surface area contributed by atoms with Gasteiger partial charge in [-0.15, -0.1) is 0 Å². The number of halogens is 4. The highest BCUT2D eigenvalue weighted by Gasteiger charge is 2.54. The number of ether oxygens (including phenoxy) is 1. The van der Waals surface area contributed by atoms with Gasteiger partial charge in [-0.25, -0.2) is 14.2 Å². The second-order valence-electron chi connectivity index (χ2n) is 8.30. The zero-order chi connectivity index (χ0) is 24.7. The lowest BCUT2D eigenvalue weighted by Gasteiger charge is -2.48. The topological polar surface area (TPSA) is 118 Å². The molecule has 0 saturated heterocycles. The predicted octanol–water partition coefficient (Wildman–Crippen LogP) is 3.70. The Morgan fingerprint density at radius 1 is 1.21 bits per heavy atom. The Hall–Kier alpha value is -2.86. The van der Waals surface area contributed by atoms with Crippen molar-refractivity contribution in [3.8, 4) is 16.9 Å². The molecule has 4 N–H and O–H groups in total. The number of benzene rings is 1. The highest BCUT2D eigenvalue weighted by atomic mass is 32.2. The molecule has 1 aliphatic carbocycles. The molecule has 3 aliphatic rings. The first-order valence-corrected chi connectivity index (χ1v) is 11.4. The van der Waals surface area contributed by atoms with Crippen molar-refractivity contribution in [2.45, 2.75) is 43.2 Å². The van der Waals surface area contributed by atoms with E-state index in [9.17, 15) is 22.7 Å². The first-order chi connectivity index (χ1) is 16.0. The average molecular weight is 499 g/mol. The van der Waals surface area contributed by atoms with E-state index in [4.69, 9.17) is 25.4 Å². The summed E-state index contributed by atoms with van der Waals surface area (Å²) in [7, 11) is 0. The van der Waals surface area contributed by atoms with Crippen LogP contribution in [0, 0.1) is 11.7 Å². The van der Waals surface area contributed by atoms with Crippen LogP contribution in [-0.2, 0) is 10.3 Å². The van der Waals surface area contributed by atoms with E-state index >= 15 is 0 Å². The normalized spacial score (nSPS) is 27.6. The monoisotopic (exact) mass is 499 g/mol. The molecule has 5 rings (SSSR count). The van der Waals surface area contributed by atoms with Crippen molar-refractivity contribution in [3.63, 3.8) is 0 Å². The number of aliphatic hydroxyl groups is 1. The predicted molar refractivity (Wildman–Crippen MR) is 117 cm³/mol. The molecule has 2 aliphatic heterocycles. The van der Waals surface area contributed by atoms with Crippen LogP contribution in [0.2, 0.25) is 0 Å². The van der Waals surface area contributed by atoms with Crippen molar-refractivity contribution in [1.82, 2.24) is 4.98 Å². The summed E-state index contributed by atoms with van der Waals surface area (Å²) in [5, 5.41) is 18.0. The molecule has 0 unspecified atom stereocenters. The van der Waals surface area contributed by atoms with Crippen LogP contribution in [-0.4, -0.2) is 50.5 Å². The van der Waals surface area contributed by atoms with Crippen LogP contribution in [0.1, 0.15) is 24.8 Å². The van der Waals surface area contributed by atoms with Gasteiger partial charge in [0, 0.05) is 29.0 Å². The number of thioether (sulfide) groups is 1. The van der Waals surface area contributed by atoms with E-state index in [1.54, 1.807) is 18.0 Å². The number of nitrogens with zero attached hydrogens (tertiary/aromatic N) is 2. The average Bonchev–Trinajstić information content (AvgIpc) is 3.16. The smallest absolute Gasteiger partial charge is 0.490 e. The second-order valence-corrected chi connectivity index (χ2v) is 9.29. The fourth-order valence-electron chi connectivity index (χ4n) is 4.62. The molecule has 34 heavy (non-hydrogen) atoms. The maximum Gasteiger partial charge on any atom is 0.490 e. The van der Waals surface area contributed by atoms with Crippen LogP contribution in [0.25, 0.3) is 11.1 Å². The van der Waals surface area contributed by atoms with Gasteiger partial charge in [0.05, 0.1) is 12.3 Å². The lowest BCUT2D eigenvalue weighted by atomic mass is 9.68. The molecule has 182 valence electrons. The van der Waals surface area contributed by atoms with Crippen LogP contribution in [0.3, 0.4) is 0 Å². The van der Waals surface area contributed by atoms with E-state index in [-0.39, 0.29) is 23.9 Å². The maximum atomic E-state index is 13.6. The molecule has 2 aromatic rings. The minimum Gasteiger partial charge on any atom is -0.490 e. The molecule has 1 aromatic carbocycles. The Balaban J connectivity index is 0.000000344. The summed E-state index contributed by atoms with van der Waals surface area (Å²) in [5.41, 5.74) is 8.10. The van der Waals surface area contributed by atoms with Gasteiger partial charge in [0.2, 0.25) is 0 Å². The second kappa shape index (κ2) is 9.06. The van der Waals surface area contributed by atoms with E-state index in [2.05, 4.69) is 4.98 Å². The van der Waals surface area contributed by atoms with Crippen LogP contribution in [0.15, 0.2) is 41.7 Å². The fourth-order valence-corrected chi connectivity index (χ4v) is 5.65. The number of carbonyl (C=O) groups is 1. The summed E-state index contributed by atoms with van der Waals surface area (Å²) >= 11 is 1.55. The number of rotatable bonds is 1. The van der Waals surface area contributed by atoms with Gasteiger partial charge >= 0.3 is 12.1 Å². The third-order valence-corrected chi connectivity index (χ3v) is 7.10. The maximum absolute atomic E-state index is 13.6. The summed E-state index contributed by atoms with van der Waals surface area (Å²) < 4.78 is 51.7. The first-order valence-electron chi connectivity index (χ1n) is 10.4. The molecule has 1 saturated carbocycles. The number of fused-ring (bicyclic) bond motifs is 4. The van der Waals surface area contributed by atoms with E-state index in [1.807, 2.05) is 18.2 Å².